The Labute approximate surface area is 288 Å². The van der Waals surface area contributed by atoms with Crippen LogP contribution in [0.2, 0.25) is 0 Å². The lowest BCUT2D eigenvalue weighted by Gasteiger charge is -2.12. The summed E-state index contributed by atoms with van der Waals surface area (Å²) in [7, 11) is 0. The van der Waals surface area contributed by atoms with Gasteiger partial charge in [0.1, 0.15) is 5.58 Å². The lowest BCUT2D eigenvalue weighted by Crippen LogP contribution is -1.95. The van der Waals surface area contributed by atoms with Crippen LogP contribution in [-0.2, 0) is 0 Å². The topological polar surface area (TPSA) is 43.9 Å². The standard InChI is InChI=1S/C46H29N3O/c1-2-13-30(14-3-1)31-15-10-18-34(27-31)44-43-39-23-6-9-26-42(39)50-46(43)48-45(47-44)35-19-11-16-32(28-35)33-17-12-20-36(29-33)49-40-24-7-4-21-37(40)38-22-5-8-25-41(38)49/h1-29H. The maximum absolute atomic E-state index is 6.38. The van der Waals surface area contributed by atoms with Crippen molar-refractivity contribution in [2.24, 2.45) is 0 Å². The normalized spacial score (nSPS) is 11.6. The summed E-state index contributed by atoms with van der Waals surface area (Å²) in [5.74, 6) is 0.622. The number of rotatable bonds is 5. The Bertz CT molecular complexity index is 2830. The van der Waals surface area contributed by atoms with Gasteiger partial charge in [-0.2, -0.15) is 4.98 Å². The molecule has 234 valence electrons. The Balaban J connectivity index is 1.12. The van der Waals surface area contributed by atoms with E-state index in [4.69, 9.17) is 14.4 Å². The Kier molecular flexibility index (Phi) is 6.46. The van der Waals surface area contributed by atoms with Crippen LogP contribution < -0.4 is 0 Å². The number of fused-ring (bicyclic) bond motifs is 6. The van der Waals surface area contributed by atoms with Gasteiger partial charge in [0.25, 0.3) is 0 Å². The number of hydrogen-bond acceptors (Lipinski definition) is 3. The van der Waals surface area contributed by atoms with Crippen LogP contribution in [0.25, 0.3) is 94.5 Å². The molecule has 10 rings (SSSR count). The van der Waals surface area contributed by atoms with Crippen LogP contribution in [0.15, 0.2) is 180 Å². The Morgan fingerprint density at radius 3 is 1.70 bits per heavy atom. The van der Waals surface area contributed by atoms with Gasteiger partial charge in [-0.15, -0.1) is 0 Å². The first-order valence-electron chi connectivity index (χ1n) is 16.8. The van der Waals surface area contributed by atoms with Gasteiger partial charge < -0.3 is 8.98 Å². The quantitative estimate of drug-likeness (QED) is 0.188. The number of hydrogen-bond donors (Lipinski definition) is 0. The number of para-hydroxylation sites is 3. The van der Waals surface area contributed by atoms with Crippen molar-refractivity contribution >= 4 is 43.9 Å². The Morgan fingerprint density at radius 1 is 0.400 bits per heavy atom. The first-order valence-corrected chi connectivity index (χ1v) is 16.8. The molecule has 0 amide bonds. The van der Waals surface area contributed by atoms with Gasteiger partial charge >= 0.3 is 0 Å². The molecule has 0 saturated carbocycles. The molecule has 0 unspecified atom stereocenters. The van der Waals surface area contributed by atoms with Crippen LogP contribution in [0.4, 0.5) is 0 Å². The van der Waals surface area contributed by atoms with E-state index in [1.165, 1.54) is 21.8 Å². The average Bonchev–Trinajstić information content (AvgIpc) is 3.74. The van der Waals surface area contributed by atoms with Gasteiger partial charge in [0.05, 0.1) is 22.1 Å². The second-order valence-corrected chi connectivity index (χ2v) is 12.6. The third-order valence-electron chi connectivity index (χ3n) is 9.62. The zero-order valence-corrected chi connectivity index (χ0v) is 27.0. The monoisotopic (exact) mass is 639 g/mol. The molecular formula is C46H29N3O. The van der Waals surface area contributed by atoms with Gasteiger partial charge in [-0.3, -0.25) is 0 Å². The molecule has 0 spiro atoms. The van der Waals surface area contributed by atoms with Gasteiger partial charge in [0.15, 0.2) is 5.82 Å². The van der Waals surface area contributed by atoms with Crippen LogP contribution in [0.1, 0.15) is 0 Å². The highest BCUT2D eigenvalue weighted by atomic mass is 16.3. The van der Waals surface area contributed by atoms with Crippen LogP contribution in [-0.4, -0.2) is 14.5 Å². The number of benzene rings is 7. The SMILES string of the molecule is c1ccc(-c2cccc(-c3nc(-c4cccc(-c5cccc(-n6c7ccccc7c7ccccc76)c5)c4)nc4oc5ccccc5c34)c2)cc1. The Morgan fingerprint density at radius 2 is 0.940 bits per heavy atom. The summed E-state index contributed by atoms with van der Waals surface area (Å²) >= 11 is 0. The van der Waals surface area contributed by atoms with Gasteiger partial charge in [-0.25, -0.2) is 4.98 Å². The van der Waals surface area contributed by atoms with Crippen molar-refractivity contribution in [1.82, 2.24) is 14.5 Å². The number of furan rings is 1. The molecule has 0 bridgehead atoms. The lowest BCUT2D eigenvalue weighted by molar-refractivity contribution is 0.653. The molecule has 4 nitrogen and oxygen atoms in total. The number of aromatic nitrogens is 3. The highest BCUT2D eigenvalue weighted by Gasteiger charge is 2.19. The third-order valence-corrected chi connectivity index (χ3v) is 9.62. The zero-order chi connectivity index (χ0) is 33.0. The van der Waals surface area contributed by atoms with Crippen molar-refractivity contribution in [2.45, 2.75) is 0 Å². The van der Waals surface area contributed by atoms with E-state index < -0.39 is 0 Å². The fraction of sp³-hybridized carbons (Fsp3) is 0. The maximum Gasteiger partial charge on any atom is 0.231 e. The van der Waals surface area contributed by atoms with Gasteiger partial charge in [0.2, 0.25) is 5.71 Å². The molecule has 4 heteroatoms. The summed E-state index contributed by atoms with van der Waals surface area (Å²) in [6.07, 6.45) is 0. The predicted molar refractivity (Wildman–Crippen MR) is 205 cm³/mol. The van der Waals surface area contributed by atoms with Crippen molar-refractivity contribution in [3.8, 4) is 50.6 Å². The molecule has 0 aliphatic rings. The van der Waals surface area contributed by atoms with Crippen molar-refractivity contribution in [1.29, 1.82) is 0 Å². The van der Waals surface area contributed by atoms with E-state index in [-0.39, 0.29) is 0 Å². The maximum atomic E-state index is 6.38. The summed E-state index contributed by atoms with van der Waals surface area (Å²) in [6.45, 7) is 0. The second kappa shape index (κ2) is 11.4. The van der Waals surface area contributed by atoms with E-state index in [0.717, 1.165) is 61.1 Å². The smallest absolute Gasteiger partial charge is 0.231 e. The largest absolute Gasteiger partial charge is 0.438 e. The summed E-state index contributed by atoms with van der Waals surface area (Å²) in [5, 5.41) is 4.42. The first kappa shape index (κ1) is 28.3. The molecule has 0 saturated heterocycles. The average molecular weight is 640 g/mol. The van der Waals surface area contributed by atoms with Crippen molar-refractivity contribution in [3.05, 3.63) is 176 Å². The molecular weight excluding hydrogens is 611 g/mol. The lowest BCUT2D eigenvalue weighted by atomic mass is 9.99. The van der Waals surface area contributed by atoms with Gasteiger partial charge in [-0.1, -0.05) is 133 Å². The third kappa shape index (κ3) is 4.61. The van der Waals surface area contributed by atoms with E-state index in [1.54, 1.807) is 0 Å². The minimum atomic E-state index is 0.579. The molecule has 0 N–H and O–H groups in total. The highest BCUT2D eigenvalue weighted by Crippen LogP contribution is 2.38. The molecule has 3 aromatic heterocycles. The van der Waals surface area contributed by atoms with E-state index in [0.29, 0.717) is 11.5 Å². The minimum Gasteiger partial charge on any atom is -0.438 e. The fourth-order valence-corrected chi connectivity index (χ4v) is 7.30. The van der Waals surface area contributed by atoms with Crippen LogP contribution in [0.3, 0.4) is 0 Å². The molecule has 0 fully saturated rings. The summed E-state index contributed by atoms with van der Waals surface area (Å²) in [4.78, 5) is 10.3. The van der Waals surface area contributed by atoms with E-state index >= 15 is 0 Å². The van der Waals surface area contributed by atoms with Crippen molar-refractivity contribution in [2.75, 3.05) is 0 Å². The summed E-state index contributed by atoms with van der Waals surface area (Å²) in [6, 6.07) is 61.6. The molecule has 3 heterocycles. The van der Waals surface area contributed by atoms with Crippen LogP contribution >= 0.6 is 0 Å². The highest BCUT2D eigenvalue weighted by molar-refractivity contribution is 6.11. The summed E-state index contributed by atoms with van der Waals surface area (Å²) < 4.78 is 8.73. The molecule has 10 aromatic rings. The van der Waals surface area contributed by atoms with Crippen molar-refractivity contribution < 1.29 is 4.42 Å². The molecule has 0 aliphatic heterocycles. The molecule has 7 aromatic carbocycles. The first-order chi connectivity index (χ1) is 24.8. The minimum absolute atomic E-state index is 0.579. The fourth-order valence-electron chi connectivity index (χ4n) is 7.30. The zero-order valence-electron chi connectivity index (χ0n) is 27.0. The molecule has 0 radical (unpaired) electrons. The van der Waals surface area contributed by atoms with Gasteiger partial charge in [-0.05, 0) is 64.7 Å². The molecule has 0 atom stereocenters. The molecule has 50 heavy (non-hydrogen) atoms. The number of nitrogens with zero attached hydrogens (tertiary/aromatic N) is 3. The van der Waals surface area contributed by atoms with Gasteiger partial charge in [0, 0.05) is 33.0 Å². The Hall–Kier alpha value is -6.78. The molecule has 0 aliphatic carbocycles. The van der Waals surface area contributed by atoms with Crippen LogP contribution in [0, 0.1) is 0 Å². The second-order valence-electron chi connectivity index (χ2n) is 12.6. The van der Waals surface area contributed by atoms with Crippen LogP contribution in [0.5, 0.6) is 0 Å². The van der Waals surface area contributed by atoms with E-state index in [9.17, 15) is 0 Å². The summed E-state index contributed by atoms with van der Waals surface area (Å²) in [5.41, 5.74) is 12.2. The predicted octanol–water partition coefficient (Wildman–Crippen LogP) is 12.1. The van der Waals surface area contributed by atoms with E-state index in [1.807, 2.05) is 24.3 Å². The van der Waals surface area contributed by atoms with E-state index in [2.05, 4.69) is 156 Å². The van der Waals surface area contributed by atoms with Crippen molar-refractivity contribution in [3.63, 3.8) is 0 Å².